The molecule has 38 heavy (non-hydrogen) atoms. The van der Waals surface area contributed by atoms with Crippen molar-refractivity contribution in [2.24, 2.45) is 0 Å². The van der Waals surface area contributed by atoms with Gasteiger partial charge in [0.2, 0.25) is 0 Å². The van der Waals surface area contributed by atoms with Gasteiger partial charge in [-0.3, -0.25) is 9.88 Å². The highest BCUT2D eigenvalue weighted by atomic mass is 32.1. The fraction of sp³-hybridized carbons (Fsp3) is 0.312. The highest BCUT2D eigenvalue weighted by Gasteiger charge is 2.28. The first-order valence-electron chi connectivity index (χ1n) is 13.2. The van der Waals surface area contributed by atoms with Gasteiger partial charge >= 0.3 is 0 Å². The van der Waals surface area contributed by atoms with Gasteiger partial charge in [0.15, 0.2) is 0 Å². The maximum absolute atomic E-state index is 4.89. The molecule has 0 aliphatic heterocycles. The van der Waals surface area contributed by atoms with Crippen molar-refractivity contribution in [3.63, 3.8) is 0 Å². The summed E-state index contributed by atoms with van der Waals surface area (Å²) in [7, 11) is 0. The second kappa shape index (κ2) is 12.0. The molecule has 1 aliphatic rings. The topological polar surface area (TPSA) is 56.8 Å². The van der Waals surface area contributed by atoms with Crippen LogP contribution in [-0.4, -0.2) is 19.9 Å². The Morgan fingerprint density at radius 1 is 0.947 bits per heavy atom. The zero-order valence-corrected chi connectivity index (χ0v) is 22.1. The summed E-state index contributed by atoms with van der Waals surface area (Å²) in [4.78, 5) is 18.6. The van der Waals surface area contributed by atoms with Crippen LogP contribution in [0.25, 0.3) is 11.0 Å². The number of nitrogens with zero attached hydrogens (tertiary/aromatic N) is 3. The van der Waals surface area contributed by atoms with E-state index < -0.39 is 0 Å². The molecule has 0 saturated carbocycles. The molecule has 1 atom stereocenters. The first-order chi connectivity index (χ1) is 18.2. The van der Waals surface area contributed by atoms with E-state index in [1.54, 1.807) is 0 Å². The van der Waals surface area contributed by atoms with Gasteiger partial charge in [0, 0.05) is 35.6 Å². The molecule has 1 aliphatic carbocycles. The molecule has 3 heterocycles. The van der Waals surface area contributed by atoms with Crippen LogP contribution < -0.4 is 5.32 Å². The van der Waals surface area contributed by atoms with E-state index in [0.717, 1.165) is 55.9 Å². The molecule has 5 nitrogen and oxygen atoms in total. The largest absolute Gasteiger partial charge is 0.341 e. The van der Waals surface area contributed by atoms with Crippen LogP contribution in [-0.2, 0) is 32.6 Å². The number of H-pyrrole nitrogens is 1. The number of hydrogen-bond acceptors (Lipinski definition) is 5. The minimum atomic E-state index is 0. The number of hydrogen-bond donors (Lipinski definition) is 2. The number of benzene rings is 2. The highest BCUT2D eigenvalue weighted by molar-refractivity contribution is 7.11. The zero-order valence-electron chi connectivity index (χ0n) is 21.3. The Hall–Kier alpha value is -3.32. The number of aromatic amines is 1. The Kier molecular flexibility index (Phi) is 8.32. The molecule has 0 fully saturated rings. The summed E-state index contributed by atoms with van der Waals surface area (Å²) in [5, 5.41) is 3.58. The average Bonchev–Trinajstić information content (AvgIpc) is 3.54. The lowest BCUT2D eigenvalue weighted by molar-refractivity contribution is 0.153. The van der Waals surface area contributed by atoms with E-state index in [4.69, 9.17) is 9.97 Å². The van der Waals surface area contributed by atoms with Crippen LogP contribution in [0.1, 0.15) is 64.3 Å². The van der Waals surface area contributed by atoms with E-state index >= 15 is 0 Å². The van der Waals surface area contributed by atoms with Gasteiger partial charge in [0.05, 0.1) is 29.3 Å². The molecule has 3 aromatic heterocycles. The van der Waals surface area contributed by atoms with Crippen molar-refractivity contribution in [2.45, 2.75) is 65.8 Å². The van der Waals surface area contributed by atoms with E-state index in [1.165, 1.54) is 38.6 Å². The summed E-state index contributed by atoms with van der Waals surface area (Å²) in [5.74, 6) is 1.01. The Labute approximate surface area is 230 Å². The van der Waals surface area contributed by atoms with Gasteiger partial charge in [-0.25, -0.2) is 4.98 Å². The van der Waals surface area contributed by atoms with E-state index in [-0.39, 0.29) is 13.5 Å². The van der Waals surface area contributed by atoms with Gasteiger partial charge in [-0.1, -0.05) is 49.9 Å². The Bertz CT molecular complexity index is 1440. The van der Waals surface area contributed by atoms with E-state index in [9.17, 15) is 0 Å². The third kappa shape index (κ3) is 6.04. The van der Waals surface area contributed by atoms with Crippen molar-refractivity contribution >= 4 is 22.4 Å². The molecule has 1 unspecified atom stereocenters. The number of aromatic nitrogens is 3. The normalized spacial score (nSPS) is 14.9. The first kappa shape index (κ1) is 26.3. The summed E-state index contributed by atoms with van der Waals surface area (Å²) in [6, 6.07) is 26.3. The maximum Gasteiger partial charge on any atom is 0.121 e. The van der Waals surface area contributed by atoms with Crippen LogP contribution in [0.15, 0.2) is 79.0 Å². The van der Waals surface area contributed by atoms with Crippen molar-refractivity contribution in [1.82, 2.24) is 25.2 Å². The lowest BCUT2D eigenvalue weighted by Gasteiger charge is -2.34. The summed E-state index contributed by atoms with van der Waals surface area (Å²) >= 11 is 1.86. The first-order valence-corrected chi connectivity index (χ1v) is 14.0. The number of nitrogens with one attached hydrogen (secondary N) is 2. The lowest BCUT2D eigenvalue weighted by atomic mass is 9.90. The third-order valence-corrected chi connectivity index (χ3v) is 8.23. The zero-order chi connectivity index (χ0) is 25.0. The lowest BCUT2D eigenvalue weighted by Crippen LogP contribution is -2.31. The second-order valence-electron chi connectivity index (χ2n) is 9.99. The molecule has 0 radical (unpaired) electrons. The van der Waals surface area contributed by atoms with Crippen molar-refractivity contribution in [1.29, 1.82) is 0 Å². The molecule has 0 amide bonds. The van der Waals surface area contributed by atoms with Crippen molar-refractivity contribution in [3.8, 4) is 0 Å². The number of fused-ring (bicyclic) bond motifs is 2. The molecule has 6 rings (SSSR count). The number of thiophene rings is 1. The molecular weight excluding hydrogens is 486 g/mol. The van der Waals surface area contributed by atoms with Crippen LogP contribution in [0.2, 0.25) is 0 Å². The highest BCUT2D eigenvalue weighted by Crippen LogP contribution is 2.34. The summed E-state index contributed by atoms with van der Waals surface area (Å²) in [6.07, 6.45) is 5.36. The fourth-order valence-electron chi connectivity index (χ4n) is 5.40. The van der Waals surface area contributed by atoms with E-state index in [0.29, 0.717) is 0 Å². The van der Waals surface area contributed by atoms with E-state index in [1.807, 2.05) is 23.6 Å². The van der Waals surface area contributed by atoms with Crippen LogP contribution in [0, 0.1) is 6.92 Å². The van der Waals surface area contributed by atoms with E-state index in [2.05, 4.69) is 88.9 Å². The number of rotatable bonds is 9. The molecule has 5 aromatic rings. The minimum Gasteiger partial charge on any atom is -0.341 e. The smallest absolute Gasteiger partial charge is 0.121 e. The second-order valence-corrected chi connectivity index (χ2v) is 11.4. The Balaban J connectivity index is 0.00000294. The molecule has 0 spiro atoms. The SMILES string of the molecule is C.Cc1ccc(CNCc2ccc(CN(Cc3nc4ccccc4[nH]3)C3CCCc4cccnc43)cc2)s1. The predicted molar refractivity (Wildman–Crippen MR) is 158 cm³/mol. The molecule has 2 aromatic carbocycles. The Morgan fingerprint density at radius 2 is 1.79 bits per heavy atom. The predicted octanol–water partition coefficient (Wildman–Crippen LogP) is 7.33. The number of pyridine rings is 1. The molecule has 0 bridgehead atoms. The number of para-hydroxylation sites is 2. The average molecular weight is 524 g/mol. The molecule has 2 N–H and O–H groups in total. The fourth-order valence-corrected chi connectivity index (χ4v) is 6.26. The summed E-state index contributed by atoms with van der Waals surface area (Å²) in [5.41, 5.74) is 7.36. The van der Waals surface area contributed by atoms with Crippen LogP contribution in [0.3, 0.4) is 0 Å². The van der Waals surface area contributed by atoms with Crippen molar-refractivity contribution < 1.29 is 0 Å². The standard InChI is InChI=1S/C31H33N5S.CH4/c1-22-11-16-26(37-22)19-32-18-23-12-14-24(15-13-23)20-36(21-30-34-27-8-2-3-9-28(27)35-30)29-10-4-6-25-7-5-17-33-31(25)29;/h2-3,5,7-9,11-17,29,32H,4,6,10,18-21H2,1H3,(H,34,35);1H4. The van der Waals surface area contributed by atoms with Crippen LogP contribution >= 0.6 is 11.3 Å². The van der Waals surface area contributed by atoms with Crippen LogP contribution in [0.5, 0.6) is 0 Å². The summed E-state index contributed by atoms with van der Waals surface area (Å²) < 4.78 is 0. The van der Waals surface area contributed by atoms with Crippen molar-refractivity contribution in [2.75, 3.05) is 0 Å². The van der Waals surface area contributed by atoms with Gasteiger partial charge in [-0.05, 0) is 73.2 Å². The maximum atomic E-state index is 4.89. The van der Waals surface area contributed by atoms with Gasteiger partial charge in [-0.2, -0.15) is 0 Å². The van der Waals surface area contributed by atoms with Gasteiger partial charge in [-0.15, -0.1) is 11.3 Å². The number of aryl methyl sites for hydroxylation is 2. The summed E-state index contributed by atoms with van der Waals surface area (Å²) in [6.45, 7) is 5.57. The Morgan fingerprint density at radius 3 is 2.61 bits per heavy atom. The van der Waals surface area contributed by atoms with Crippen molar-refractivity contribution in [3.05, 3.63) is 117 Å². The quantitative estimate of drug-likeness (QED) is 0.212. The molecule has 6 heteroatoms. The van der Waals surface area contributed by atoms with Crippen LogP contribution in [0.4, 0.5) is 0 Å². The monoisotopic (exact) mass is 523 g/mol. The third-order valence-electron chi connectivity index (χ3n) is 7.23. The molecular formula is C32H37N5S. The van der Waals surface area contributed by atoms with Gasteiger partial charge in [0.25, 0.3) is 0 Å². The minimum absolute atomic E-state index is 0. The molecule has 196 valence electrons. The number of imidazole rings is 1. The van der Waals surface area contributed by atoms with Gasteiger partial charge in [0.1, 0.15) is 5.82 Å². The molecule has 0 saturated heterocycles. The van der Waals surface area contributed by atoms with Gasteiger partial charge < -0.3 is 10.3 Å².